The molecule has 24 heavy (non-hydrogen) atoms. The first kappa shape index (κ1) is 16.8. The second-order valence-corrected chi connectivity index (χ2v) is 6.56. The van der Waals surface area contributed by atoms with E-state index in [9.17, 15) is 4.79 Å². The van der Waals surface area contributed by atoms with Crippen LogP contribution in [-0.4, -0.2) is 40.3 Å². The SMILES string of the molecule is Cc1noc(C)c1C(C)CC(=O)N1CCOCC1c1cccn1C. The first-order chi connectivity index (χ1) is 11.5. The van der Waals surface area contributed by atoms with Gasteiger partial charge in [0, 0.05) is 37.5 Å². The van der Waals surface area contributed by atoms with Crippen LogP contribution < -0.4 is 0 Å². The predicted molar refractivity (Wildman–Crippen MR) is 89.7 cm³/mol. The van der Waals surface area contributed by atoms with E-state index in [1.807, 2.05) is 38.1 Å². The summed E-state index contributed by atoms with van der Waals surface area (Å²) < 4.78 is 12.9. The number of carbonyl (C=O) groups is 1. The molecule has 1 saturated heterocycles. The van der Waals surface area contributed by atoms with E-state index in [2.05, 4.69) is 22.7 Å². The highest BCUT2D eigenvalue weighted by molar-refractivity contribution is 5.77. The molecule has 0 radical (unpaired) electrons. The second-order valence-electron chi connectivity index (χ2n) is 6.56. The quantitative estimate of drug-likeness (QED) is 0.864. The number of aryl methyl sites for hydroxylation is 3. The Morgan fingerprint density at radius 1 is 1.46 bits per heavy atom. The zero-order valence-electron chi connectivity index (χ0n) is 14.8. The maximum Gasteiger partial charge on any atom is 0.223 e. The number of aromatic nitrogens is 2. The van der Waals surface area contributed by atoms with Crippen molar-refractivity contribution in [1.82, 2.24) is 14.6 Å². The fraction of sp³-hybridized carbons (Fsp3) is 0.556. The number of nitrogens with zero attached hydrogens (tertiary/aromatic N) is 3. The topological polar surface area (TPSA) is 60.5 Å². The molecule has 1 fully saturated rings. The van der Waals surface area contributed by atoms with E-state index in [0.29, 0.717) is 26.2 Å². The lowest BCUT2D eigenvalue weighted by atomic mass is 9.95. The van der Waals surface area contributed by atoms with Gasteiger partial charge in [0.1, 0.15) is 5.76 Å². The third-order valence-corrected chi connectivity index (χ3v) is 4.84. The maximum atomic E-state index is 13.0. The van der Waals surface area contributed by atoms with Crippen LogP contribution in [0, 0.1) is 13.8 Å². The number of ether oxygens (including phenoxy) is 1. The van der Waals surface area contributed by atoms with Crippen molar-refractivity contribution in [2.45, 2.75) is 39.2 Å². The summed E-state index contributed by atoms with van der Waals surface area (Å²) in [6, 6.07) is 4.03. The lowest BCUT2D eigenvalue weighted by Gasteiger charge is -2.36. The summed E-state index contributed by atoms with van der Waals surface area (Å²) in [6.07, 6.45) is 2.45. The van der Waals surface area contributed by atoms with Crippen LogP contribution in [0.15, 0.2) is 22.9 Å². The second kappa shape index (κ2) is 6.81. The van der Waals surface area contributed by atoms with E-state index in [1.54, 1.807) is 0 Å². The van der Waals surface area contributed by atoms with E-state index in [-0.39, 0.29) is 17.9 Å². The number of carbonyl (C=O) groups excluding carboxylic acids is 1. The highest BCUT2D eigenvalue weighted by Gasteiger charge is 2.31. The third-order valence-electron chi connectivity index (χ3n) is 4.84. The Morgan fingerprint density at radius 3 is 2.88 bits per heavy atom. The summed E-state index contributed by atoms with van der Waals surface area (Å²) in [6.45, 7) is 7.65. The van der Waals surface area contributed by atoms with E-state index < -0.39 is 0 Å². The van der Waals surface area contributed by atoms with Crippen molar-refractivity contribution in [3.8, 4) is 0 Å². The Hall–Kier alpha value is -2.08. The first-order valence-electron chi connectivity index (χ1n) is 8.40. The lowest BCUT2D eigenvalue weighted by molar-refractivity contribution is -0.140. The van der Waals surface area contributed by atoms with Gasteiger partial charge in [-0.25, -0.2) is 0 Å². The van der Waals surface area contributed by atoms with Gasteiger partial charge < -0.3 is 18.7 Å². The highest BCUT2D eigenvalue weighted by Crippen LogP contribution is 2.30. The van der Waals surface area contributed by atoms with Gasteiger partial charge in [-0.15, -0.1) is 0 Å². The highest BCUT2D eigenvalue weighted by atomic mass is 16.5. The van der Waals surface area contributed by atoms with Gasteiger partial charge in [0.05, 0.1) is 24.9 Å². The Labute approximate surface area is 142 Å². The van der Waals surface area contributed by atoms with Crippen LogP contribution in [0.5, 0.6) is 0 Å². The first-order valence-corrected chi connectivity index (χ1v) is 8.40. The molecule has 0 saturated carbocycles. The molecule has 0 bridgehead atoms. The largest absolute Gasteiger partial charge is 0.377 e. The molecule has 6 nitrogen and oxygen atoms in total. The van der Waals surface area contributed by atoms with Gasteiger partial charge in [0.15, 0.2) is 0 Å². The lowest BCUT2D eigenvalue weighted by Crippen LogP contribution is -2.44. The minimum atomic E-state index is -0.0249. The Morgan fingerprint density at radius 2 is 2.25 bits per heavy atom. The summed E-state index contributed by atoms with van der Waals surface area (Å²) in [5.41, 5.74) is 3.02. The van der Waals surface area contributed by atoms with E-state index in [1.165, 1.54) is 0 Å². The van der Waals surface area contributed by atoms with Crippen LogP contribution in [-0.2, 0) is 16.6 Å². The van der Waals surface area contributed by atoms with Gasteiger partial charge in [-0.3, -0.25) is 4.79 Å². The Bertz CT molecular complexity index is 699. The number of rotatable bonds is 4. The van der Waals surface area contributed by atoms with Gasteiger partial charge in [-0.2, -0.15) is 0 Å². The Balaban J connectivity index is 1.76. The summed E-state index contributed by atoms with van der Waals surface area (Å²) in [5.74, 6) is 1.03. The summed E-state index contributed by atoms with van der Waals surface area (Å²) in [7, 11) is 2.00. The molecule has 2 unspecified atom stereocenters. The van der Waals surface area contributed by atoms with Gasteiger partial charge in [-0.05, 0) is 31.9 Å². The van der Waals surface area contributed by atoms with E-state index >= 15 is 0 Å². The molecule has 2 atom stereocenters. The summed E-state index contributed by atoms with van der Waals surface area (Å²) >= 11 is 0. The van der Waals surface area contributed by atoms with Crippen molar-refractivity contribution in [2.24, 2.45) is 7.05 Å². The van der Waals surface area contributed by atoms with Gasteiger partial charge in [-0.1, -0.05) is 12.1 Å². The number of hydrogen-bond acceptors (Lipinski definition) is 4. The van der Waals surface area contributed by atoms with Crippen LogP contribution >= 0.6 is 0 Å². The fourth-order valence-electron chi connectivity index (χ4n) is 3.64. The van der Waals surface area contributed by atoms with Crippen LogP contribution in [0.2, 0.25) is 0 Å². The van der Waals surface area contributed by atoms with Gasteiger partial charge in [0.2, 0.25) is 5.91 Å². The molecule has 6 heteroatoms. The van der Waals surface area contributed by atoms with Gasteiger partial charge >= 0.3 is 0 Å². The molecule has 3 rings (SSSR count). The zero-order chi connectivity index (χ0) is 17.3. The molecular formula is C18H25N3O3. The van der Waals surface area contributed by atoms with Crippen molar-refractivity contribution in [3.05, 3.63) is 41.0 Å². The zero-order valence-corrected chi connectivity index (χ0v) is 14.8. The monoisotopic (exact) mass is 331 g/mol. The minimum absolute atomic E-state index is 0.0249. The van der Waals surface area contributed by atoms with Crippen molar-refractivity contribution in [1.29, 1.82) is 0 Å². The molecule has 3 heterocycles. The fourth-order valence-corrected chi connectivity index (χ4v) is 3.64. The van der Waals surface area contributed by atoms with Crippen LogP contribution in [0.3, 0.4) is 0 Å². The van der Waals surface area contributed by atoms with Crippen molar-refractivity contribution in [2.75, 3.05) is 19.8 Å². The minimum Gasteiger partial charge on any atom is -0.377 e. The standard InChI is InChI=1S/C18H25N3O3/c1-12(18-13(2)19-24-14(18)3)10-17(22)21-8-9-23-11-16(21)15-6-5-7-20(15)4/h5-7,12,16H,8-11H2,1-4H3. The van der Waals surface area contributed by atoms with E-state index in [4.69, 9.17) is 9.26 Å². The number of hydrogen-bond donors (Lipinski definition) is 0. The normalized spacial score (nSPS) is 19.5. The molecule has 0 aromatic carbocycles. The van der Waals surface area contributed by atoms with Gasteiger partial charge in [0.25, 0.3) is 0 Å². The third kappa shape index (κ3) is 3.11. The molecule has 2 aromatic rings. The average Bonchev–Trinajstić information content (AvgIpc) is 3.12. The number of morpholine rings is 1. The average molecular weight is 331 g/mol. The van der Waals surface area contributed by atoms with E-state index in [0.717, 1.165) is 22.7 Å². The smallest absolute Gasteiger partial charge is 0.223 e. The van der Waals surface area contributed by atoms with Crippen molar-refractivity contribution in [3.63, 3.8) is 0 Å². The molecule has 1 aliphatic rings. The molecule has 0 aliphatic carbocycles. The van der Waals surface area contributed by atoms with Crippen LogP contribution in [0.4, 0.5) is 0 Å². The van der Waals surface area contributed by atoms with Crippen LogP contribution in [0.1, 0.15) is 48.0 Å². The summed E-state index contributed by atoms with van der Waals surface area (Å²) in [4.78, 5) is 14.9. The molecule has 1 aliphatic heterocycles. The van der Waals surface area contributed by atoms with Crippen LogP contribution in [0.25, 0.3) is 0 Å². The van der Waals surface area contributed by atoms with Crippen molar-refractivity contribution < 1.29 is 14.1 Å². The molecule has 130 valence electrons. The molecular weight excluding hydrogens is 306 g/mol. The Kier molecular flexibility index (Phi) is 4.76. The predicted octanol–water partition coefficient (Wildman–Crippen LogP) is 2.72. The summed E-state index contributed by atoms with van der Waals surface area (Å²) in [5, 5.41) is 4.00. The van der Waals surface area contributed by atoms with Crippen molar-refractivity contribution >= 4 is 5.91 Å². The molecule has 2 aromatic heterocycles. The molecule has 0 N–H and O–H groups in total. The number of amides is 1. The molecule has 1 amide bonds. The maximum absolute atomic E-state index is 13.0. The molecule has 0 spiro atoms.